The zero-order valence-corrected chi connectivity index (χ0v) is 10.8. The van der Waals surface area contributed by atoms with Gasteiger partial charge in [0.2, 0.25) is 0 Å². The number of nitrogens with zero attached hydrogens (tertiary/aromatic N) is 1. The molecule has 0 unspecified atom stereocenters. The van der Waals surface area contributed by atoms with E-state index in [1.165, 1.54) is 0 Å². The number of hydrogen-bond acceptors (Lipinski definition) is 1. The summed E-state index contributed by atoms with van der Waals surface area (Å²) in [5.74, 6) is 0.727. The zero-order chi connectivity index (χ0) is 11.0. The highest BCUT2D eigenvalue weighted by Gasteiger charge is 2.17. The van der Waals surface area contributed by atoms with Crippen molar-refractivity contribution in [1.29, 1.82) is 0 Å². The highest BCUT2D eigenvalue weighted by molar-refractivity contribution is 7.85. The molecule has 0 aliphatic carbocycles. The van der Waals surface area contributed by atoms with Gasteiger partial charge in [0, 0.05) is 12.1 Å². The van der Waals surface area contributed by atoms with Crippen LogP contribution in [0, 0.1) is 0 Å². The van der Waals surface area contributed by atoms with E-state index >= 15 is 0 Å². The summed E-state index contributed by atoms with van der Waals surface area (Å²) >= 11 is 5.54. The summed E-state index contributed by atoms with van der Waals surface area (Å²) in [7, 11) is -1.10. The first-order valence-electron chi connectivity index (χ1n) is 4.99. The summed E-state index contributed by atoms with van der Waals surface area (Å²) in [6.45, 7) is 5.77. The molecular formula is C10H20ClNOS. The molecule has 0 aliphatic rings. The molecule has 0 fully saturated rings. The van der Waals surface area contributed by atoms with E-state index in [9.17, 15) is 4.21 Å². The Labute approximate surface area is 94.7 Å². The standard InChI is InChI=1S/C10H20ClNOS/c1-10(2,3)14(13)12-9-7-5-4-6-8-11/h9H,4-8H2,1-3H3/b12-9+/t14-/m0/s1. The van der Waals surface area contributed by atoms with Crippen LogP contribution in [0.5, 0.6) is 0 Å². The van der Waals surface area contributed by atoms with E-state index in [2.05, 4.69) is 4.40 Å². The second-order valence-corrected chi connectivity index (χ2v) is 6.50. The van der Waals surface area contributed by atoms with Gasteiger partial charge < -0.3 is 0 Å². The molecule has 0 aromatic carbocycles. The summed E-state index contributed by atoms with van der Waals surface area (Å²) in [5, 5.41) is 0. The molecule has 0 amide bonds. The molecule has 0 N–H and O–H groups in total. The van der Waals surface area contributed by atoms with Gasteiger partial charge >= 0.3 is 0 Å². The third-order valence-electron chi connectivity index (χ3n) is 1.66. The molecule has 0 aromatic rings. The van der Waals surface area contributed by atoms with Gasteiger partial charge in [0.25, 0.3) is 0 Å². The van der Waals surface area contributed by atoms with Gasteiger partial charge in [-0.05, 0) is 40.0 Å². The van der Waals surface area contributed by atoms with Crippen LogP contribution in [0.15, 0.2) is 4.40 Å². The Morgan fingerprint density at radius 2 is 1.93 bits per heavy atom. The Balaban J connectivity index is 3.58. The van der Waals surface area contributed by atoms with E-state index in [1.54, 1.807) is 6.21 Å². The number of unbranched alkanes of at least 4 members (excludes halogenated alkanes) is 3. The lowest BCUT2D eigenvalue weighted by atomic mass is 10.2. The highest BCUT2D eigenvalue weighted by Crippen LogP contribution is 2.11. The summed E-state index contributed by atoms with van der Waals surface area (Å²) in [4.78, 5) is 0. The molecule has 0 spiro atoms. The van der Waals surface area contributed by atoms with Crippen LogP contribution in [0.25, 0.3) is 0 Å². The number of rotatable bonds is 6. The van der Waals surface area contributed by atoms with Crippen LogP contribution in [-0.4, -0.2) is 21.1 Å². The molecule has 14 heavy (non-hydrogen) atoms. The topological polar surface area (TPSA) is 29.4 Å². The van der Waals surface area contributed by atoms with Crippen LogP contribution in [-0.2, 0) is 11.0 Å². The van der Waals surface area contributed by atoms with E-state index in [4.69, 9.17) is 11.6 Å². The van der Waals surface area contributed by atoms with Crippen molar-refractivity contribution < 1.29 is 4.21 Å². The molecule has 0 bridgehead atoms. The van der Waals surface area contributed by atoms with Crippen molar-refractivity contribution in [1.82, 2.24) is 0 Å². The third-order valence-corrected chi connectivity index (χ3v) is 3.32. The van der Waals surface area contributed by atoms with E-state index < -0.39 is 11.0 Å². The molecule has 0 aromatic heterocycles. The highest BCUT2D eigenvalue weighted by atomic mass is 35.5. The monoisotopic (exact) mass is 237 g/mol. The van der Waals surface area contributed by atoms with Gasteiger partial charge in [0.1, 0.15) is 11.0 Å². The summed E-state index contributed by atoms with van der Waals surface area (Å²) < 4.78 is 15.2. The molecular weight excluding hydrogens is 218 g/mol. The van der Waals surface area contributed by atoms with Gasteiger partial charge in [-0.15, -0.1) is 11.6 Å². The van der Waals surface area contributed by atoms with Gasteiger partial charge in [0.15, 0.2) is 0 Å². The minimum atomic E-state index is -1.10. The van der Waals surface area contributed by atoms with Gasteiger partial charge in [0.05, 0.1) is 4.75 Å². The predicted octanol–water partition coefficient (Wildman–Crippen LogP) is 3.32. The maximum absolute atomic E-state index is 11.4. The van der Waals surface area contributed by atoms with Crippen LogP contribution in [0.1, 0.15) is 46.5 Å². The average Bonchev–Trinajstić information content (AvgIpc) is 2.09. The first-order valence-corrected chi connectivity index (χ1v) is 6.63. The number of hydrogen-bond donors (Lipinski definition) is 0. The molecule has 84 valence electrons. The summed E-state index contributed by atoms with van der Waals surface area (Å²) in [6.07, 6.45) is 5.93. The van der Waals surface area contributed by atoms with Gasteiger partial charge in [-0.25, -0.2) is 4.21 Å². The van der Waals surface area contributed by atoms with E-state index in [0.29, 0.717) is 0 Å². The largest absolute Gasteiger partial charge is 0.234 e. The summed E-state index contributed by atoms with van der Waals surface area (Å²) in [6, 6.07) is 0. The Hall–Kier alpha value is 0.110. The van der Waals surface area contributed by atoms with Crippen molar-refractivity contribution in [2.45, 2.75) is 51.2 Å². The molecule has 0 saturated carbocycles. The number of halogens is 1. The normalized spacial score (nSPS) is 14.9. The van der Waals surface area contributed by atoms with Gasteiger partial charge in [-0.1, -0.05) is 6.42 Å². The lowest BCUT2D eigenvalue weighted by Crippen LogP contribution is -2.19. The van der Waals surface area contributed by atoms with Crippen LogP contribution in [0.2, 0.25) is 0 Å². The molecule has 0 saturated heterocycles. The average molecular weight is 238 g/mol. The van der Waals surface area contributed by atoms with E-state index in [0.717, 1.165) is 31.6 Å². The maximum atomic E-state index is 11.4. The number of alkyl halides is 1. The van der Waals surface area contributed by atoms with Crippen molar-refractivity contribution in [3.05, 3.63) is 0 Å². The van der Waals surface area contributed by atoms with Crippen molar-refractivity contribution in [3.63, 3.8) is 0 Å². The van der Waals surface area contributed by atoms with Gasteiger partial charge in [-0.2, -0.15) is 4.40 Å². The van der Waals surface area contributed by atoms with Crippen molar-refractivity contribution in [2.75, 3.05) is 5.88 Å². The Morgan fingerprint density at radius 1 is 1.29 bits per heavy atom. The van der Waals surface area contributed by atoms with Crippen LogP contribution in [0.4, 0.5) is 0 Å². The second-order valence-electron chi connectivity index (χ2n) is 4.19. The first kappa shape index (κ1) is 14.1. The van der Waals surface area contributed by atoms with Crippen LogP contribution in [0.3, 0.4) is 0 Å². The molecule has 0 radical (unpaired) electrons. The van der Waals surface area contributed by atoms with E-state index in [-0.39, 0.29) is 4.75 Å². The molecule has 4 heteroatoms. The smallest absolute Gasteiger partial charge is 0.144 e. The SMILES string of the molecule is CC(C)(C)[S@](=O)/N=C/CCCCCCl. The van der Waals surface area contributed by atoms with Crippen LogP contribution < -0.4 is 0 Å². The molecule has 0 rings (SSSR count). The second kappa shape index (κ2) is 7.41. The molecule has 0 aliphatic heterocycles. The summed E-state index contributed by atoms with van der Waals surface area (Å²) in [5.41, 5.74) is 0. The lowest BCUT2D eigenvalue weighted by Gasteiger charge is -2.12. The first-order chi connectivity index (χ1) is 6.48. The fourth-order valence-electron chi connectivity index (χ4n) is 0.785. The molecule has 1 atom stereocenters. The molecule has 0 heterocycles. The zero-order valence-electron chi connectivity index (χ0n) is 9.25. The van der Waals surface area contributed by atoms with Gasteiger partial charge in [-0.3, -0.25) is 0 Å². The Morgan fingerprint density at radius 3 is 2.43 bits per heavy atom. The van der Waals surface area contributed by atoms with E-state index in [1.807, 2.05) is 20.8 Å². The minimum Gasteiger partial charge on any atom is -0.234 e. The Bertz CT molecular complexity index is 199. The van der Waals surface area contributed by atoms with Crippen molar-refractivity contribution in [2.24, 2.45) is 4.40 Å². The van der Waals surface area contributed by atoms with Crippen molar-refractivity contribution >= 4 is 28.8 Å². The third kappa shape index (κ3) is 7.51. The lowest BCUT2D eigenvalue weighted by molar-refractivity contribution is 0.650. The minimum absolute atomic E-state index is 0.243. The van der Waals surface area contributed by atoms with Crippen LogP contribution >= 0.6 is 11.6 Å². The fraction of sp³-hybridized carbons (Fsp3) is 0.900. The maximum Gasteiger partial charge on any atom is 0.144 e. The van der Waals surface area contributed by atoms with Crippen molar-refractivity contribution in [3.8, 4) is 0 Å². The fourth-order valence-corrected chi connectivity index (χ4v) is 1.53. The quantitative estimate of drug-likeness (QED) is 0.396. The molecule has 2 nitrogen and oxygen atoms in total. The Kier molecular flexibility index (Phi) is 7.47. The predicted molar refractivity (Wildman–Crippen MR) is 65.6 cm³/mol.